The fraction of sp³-hybridized carbons (Fsp3) is 0.690. The highest BCUT2D eigenvalue weighted by Crippen LogP contribution is 2.42. The van der Waals surface area contributed by atoms with Gasteiger partial charge in [0.1, 0.15) is 0 Å². The van der Waals surface area contributed by atoms with E-state index < -0.39 is 11.9 Å². The number of likely N-dealkylation sites (tertiary alicyclic amines) is 2. The molecule has 3 atom stereocenters. The van der Waals surface area contributed by atoms with Crippen molar-refractivity contribution >= 4 is 17.8 Å². The van der Waals surface area contributed by atoms with Crippen LogP contribution in [0.3, 0.4) is 0 Å². The van der Waals surface area contributed by atoms with Crippen LogP contribution >= 0.6 is 0 Å². The summed E-state index contributed by atoms with van der Waals surface area (Å²) in [7, 11) is 0. The maximum Gasteiger partial charge on any atom is 0.308 e. The summed E-state index contributed by atoms with van der Waals surface area (Å²) in [5, 5.41) is 10.4. The van der Waals surface area contributed by atoms with Crippen molar-refractivity contribution in [3.63, 3.8) is 0 Å². The molecule has 0 bridgehead atoms. The first kappa shape index (κ1) is 28.2. The average molecular weight is 530 g/mol. The molecule has 1 aromatic carbocycles. The average Bonchev–Trinajstić information content (AvgIpc) is 3.52. The summed E-state index contributed by atoms with van der Waals surface area (Å²) in [4.78, 5) is 44.6. The van der Waals surface area contributed by atoms with Crippen molar-refractivity contribution in [3.8, 4) is 11.5 Å². The number of aliphatic carboxylic acids is 1. The molecule has 2 amide bonds. The van der Waals surface area contributed by atoms with Crippen LogP contribution in [-0.2, 0) is 14.4 Å². The third kappa shape index (κ3) is 6.60. The molecule has 9 nitrogen and oxygen atoms in total. The summed E-state index contributed by atoms with van der Waals surface area (Å²) in [5.41, 5.74) is 0.879. The molecule has 1 aromatic rings. The Labute approximate surface area is 226 Å². The van der Waals surface area contributed by atoms with Gasteiger partial charge in [-0.1, -0.05) is 32.8 Å². The molecule has 2 saturated heterocycles. The topological polar surface area (TPSA) is 99.6 Å². The number of hydrogen-bond acceptors (Lipinski definition) is 6. The summed E-state index contributed by atoms with van der Waals surface area (Å²) < 4.78 is 11.0. The third-order valence-electron chi connectivity index (χ3n) is 8.23. The fourth-order valence-corrected chi connectivity index (χ4v) is 6.05. The summed E-state index contributed by atoms with van der Waals surface area (Å²) in [6.07, 6.45) is 6.90. The second-order valence-electron chi connectivity index (χ2n) is 10.8. The van der Waals surface area contributed by atoms with Gasteiger partial charge in [0.15, 0.2) is 11.5 Å². The van der Waals surface area contributed by atoms with E-state index in [0.29, 0.717) is 37.4 Å². The third-order valence-corrected chi connectivity index (χ3v) is 8.23. The number of amides is 2. The monoisotopic (exact) mass is 529 g/mol. The van der Waals surface area contributed by atoms with E-state index in [9.17, 15) is 19.5 Å². The van der Waals surface area contributed by atoms with Crippen LogP contribution in [0.15, 0.2) is 18.2 Å². The first-order chi connectivity index (χ1) is 18.4. The maximum atomic E-state index is 13.5. The minimum Gasteiger partial charge on any atom is -0.481 e. The van der Waals surface area contributed by atoms with Crippen LogP contribution in [0.4, 0.5) is 0 Å². The van der Waals surface area contributed by atoms with Crippen LogP contribution < -0.4 is 9.47 Å². The maximum absolute atomic E-state index is 13.5. The Morgan fingerprint density at radius 3 is 2.50 bits per heavy atom. The molecule has 2 fully saturated rings. The molecule has 0 spiro atoms. The summed E-state index contributed by atoms with van der Waals surface area (Å²) in [6.45, 7) is 7.74. The summed E-state index contributed by atoms with van der Waals surface area (Å²) >= 11 is 0. The van der Waals surface area contributed by atoms with E-state index in [1.165, 1.54) is 0 Å². The van der Waals surface area contributed by atoms with Crippen LogP contribution in [0.1, 0.15) is 76.7 Å². The summed E-state index contributed by atoms with van der Waals surface area (Å²) in [5.74, 6) is -0.371. The number of carboxylic acid groups (broad SMARTS) is 1. The van der Waals surface area contributed by atoms with Gasteiger partial charge in [-0.2, -0.15) is 0 Å². The number of piperidine rings is 1. The number of ether oxygens (including phenoxy) is 2. The smallest absolute Gasteiger partial charge is 0.308 e. The lowest BCUT2D eigenvalue weighted by atomic mass is 9.84. The van der Waals surface area contributed by atoms with E-state index in [4.69, 9.17) is 9.47 Å². The van der Waals surface area contributed by atoms with Crippen LogP contribution in [0.25, 0.3) is 0 Å². The minimum atomic E-state index is -0.869. The van der Waals surface area contributed by atoms with Gasteiger partial charge in [0, 0.05) is 51.1 Å². The van der Waals surface area contributed by atoms with E-state index in [2.05, 4.69) is 18.7 Å². The molecule has 38 heavy (non-hydrogen) atoms. The van der Waals surface area contributed by atoms with Gasteiger partial charge in [-0.15, -0.1) is 0 Å². The van der Waals surface area contributed by atoms with E-state index in [1.54, 1.807) is 0 Å². The van der Waals surface area contributed by atoms with E-state index in [-0.39, 0.29) is 37.1 Å². The number of carbonyl (C=O) groups is 3. The zero-order valence-corrected chi connectivity index (χ0v) is 22.9. The van der Waals surface area contributed by atoms with Crippen molar-refractivity contribution in [1.82, 2.24) is 14.7 Å². The molecule has 4 rings (SSSR count). The number of hydrogen-bond donors (Lipinski definition) is 1. The number of carbonyl (C=O) groups excluding carboxylic acids is 2. The highest BCUT2D eigenvalue weighted by atomic mass is 16.7. The van der Waals surface area contributed by atoms with Crippen molar-refractivity contribution in [3.05, 3.63) is 23.8 Å². The minimum absolute atomic E-state index is 0.0569. The summed E-state index contributed by atoms with van der Waals surface area (Å²) in [6, 6.07) is 5.29. The van der Waals surface area contributed by atoms with Crippen molar-refractivity contribution in [2.24, 2.45) is 5.92 Å². The number of nitrogens with zero attached hydrogens (tertiary/aromatic N) is 3. The van der Waals surface area contributed by atoms with Crippen molar-refractivity contribution in [2.75, 3.05) is 46.1 Å². The van der Waals surface area contributed by atoms with Crippen LogP contribution in [0.2, 0.25) is 0 Å². The first-order valence-electron chi connectivity index (χ1n) is 14.3. The van der Waals surface area contributed by atoms with Crippen LogP contribution in [0, 0.1) is 5.92 Å². The Morgan fingerprint density at radius 2 is 1.82 bits per heavy atom. The number of unbranched alkanes of at least 4 members (excludes halogenated alkanes) is 2. The molecule has 3 aliphatic heterocycles. The molecular weight excluding hydrogens is 486 g/mol. The molecule has 0 aromatic heterocycles. The van der Waals surface area contributed by atoms with Gasteiger partial charge in [-0.05, 0) is 49.8 Å². The Balaban J connectivity index is 1.57. The number of benzene rings is 1. The Morgan fingerprint density at radius 1 is 1.08 bits per heavy atom. The standard InChI is InChI=1S/C29H43N3O6/c1-3-5-13-30(14-6-4-2)27(34)19-32-18-22(21-10-11-24-25(17-21)38-20-37-24)28(29(35)36)23(32)12-16-31-15-8-7-9-26(31)33/h10-11,17,22-23,28H,3-9,12-16,18-20H2,1-2H3,(H,35,36). The number of fused-ring (bicyclic) bond motifs is 1. The van der Waals surface area contributed by atoms with Gasteiger partial charge < -0.3 is 24.4 Å². The zero-order chi connectivity index (χ0) is 27.1. The van der Waals surface area contributed by atoms with Crippen molar-refractivity contribution < 1.29 is 29.0 Å². The van der Waals surface area contributed by atoms with E-state index >= 15 is 0 Å². The number of carboxylic acids is 1. The fourth-order valence-electron chi connectivity index (χ4n) is 6.05. The van der Waals surface area contributed by atoms with Crippen LogP contribution in [0.5, 0.6) is 11.5 Å². The van der Waals surface area contributed by atoms with Gasteiger partial charge in [-0.3, -0.25) is 19.3 Å². The molecule has 210 valence electrons. The number of rotatable bonds is 13. The van der Waals surface area contributed by atoms with Gasteiger partial charge in [0.25, 0.3) is 0 Å². The zero-order valence-electron chi connectivity index (χ0n) is 22.9. The highest BCUT2D eigenvalue weighted by molar-refractivity contribution is 5.79. The second kappa shape index (κ2) is 13.3. The molecule has 9 heteroatoms. The lowest BCUT2D eigenvalue weighted by Gasteiger charge is -2.32. The first-order valence-corrected chi connectivity index (χ1v) is 14.3. The molecule has 3 heterocycles. The van der Waals surface area contributed by atoms with Crippen molar-refractivity contribution in [1.29, 1.82) is 0 Å². The van der Waals surface area contributed by atoms with Gasteiger partial charge in [0.2, 0.25) is 18.6 Å². The van der Waals surface area contributed by atoms with Crippen molar-refractivity contribution in [2.45, 2.75) is 77.2 Å². The van der Waals surface area contributed by atoms with Crippen LogP contribution in [-0.4, -0.2) is 89.7 Å². The van der Waals surface area contributed by atoms with Gasteiger partial charge in [-0.25, -0.2) is 0 Å². The SMILES string of the molecule is CCCCN(CCCC)C(=O)CN1CC(c2ccc3c(c2)OCO3)C(C(=O)O)C1CCN1CCCCC1=O. The quantitative estimate of drug-likeness (QED) is 0.416. The molecule has 0 saturated carbocycles. The lowest BCUT2D eigenvalue weighted by Crippen LogP contribution is -2.46. The Hall–Kier alpha value is -2.81. The second-order valence-corrected chi connectivity index (χ2v) is 10.8. The Bertz CT molecular complexity index is 977. The van der Waals surface area contributed by atoms with E-state index in [0.717, 1.165) is 63.7 Å². The Kier molecular flexibility index (Phi) is 9.88. The lowest BCUT2D eigenvalue weighted by molar-refractivity contribution is -0.144. The van der Waals surface area contributed by atoms with E-state index in [1.807, 2.05) is 28.0 Å². The predicted molar refractivity (Wildman–Crippen MR) is 143 cm³/mol. The predicted octanol–water partition coefficient (Wildman–Crippen LogP) is 3.72. The van der Waals surface area contributed by atoms with Gasteiger partial charge >= 0.3 is 5.97 Å². The molecule has 1 N–H and O–H groups in total. The molecule has 0 radical (unpaired) electrons. The molecular formula is C29H43N3O6. The molecule has 3 aliphatic rings. The van der Waals surface area contributed by atoms with Gasteiger partial charge in [0.05, 0.1) is 12.5 Å². The largest absolute Gasteiger partial charge is 0.481 e. The molecule has 3 unspecified atom stereocenters. The highest BCUT2D eigenvalue weighted by Gasteiger charge is 2.47. The molecule has 0 aliphatic carbocycles. The normalized spacial score (nSPS) is 23.2.